The van der Waals surface area contributed by atoms with Gasteiger partial charge in [0.1, 0.15) is 5.52 Å². The topological polar surface area (TPSA) is 140 Å². The van der Waals surface area contributed by atoms with E-state index in [1.165, 1.54) is 18.3 Å². The lowest BCUT2D eigenvalue weighted by atomic mass is 10.1. The Bertz CT molecular complexity index is 1170. The number of aromatic nitrogens is 4. The molecule has 0 saturated heterocycles. The molecule has 2 aromatic carbocycles. The van der Waals surface area contributed by atoms with E-state index >= 15 is 0 Å². The van der Waals surface area contributed by atoms with Crippen LogP contribution in [0.15, 0.2) is 35.4 Å². The lowest BCUT2D eigenvalue weighted by Gasteiger charge is -2.03. The van der Waals surface area contributed by atoms with Crippen LogP contribution in [0.5, 0.6) is 17.2 Å². The number of aryl methyl sites for hydroxylation is 1. The highest BCUT2D eigenvalue weighted by Gasteiger charge is 2.11. The highest BCUT2D eigenvalue weighted by molar-refractivity contribution is 6.04. The predicted molar refractivity (Wildman–Crippen MR) is 96.6 cm³/mol. The van der Waals surface area contributed by atoms with E-state index in [4.69, 9.17) is 0 Å². The van der Waals surface area contributed by atoms with Crippen LogP contribution in [0.2, 0.25) is 0 Å². The summed E-state index contributed by atoms with van der Waals surface area (Å²) in [4.78, 5) is 7.54. The summed E-state index contributed by atoms with van der Waals surface area (Å²) in [6.45, 7) is 1.99. The first kappa shape index (κ1) is 15.6. The first-order valence-corrected chi connectivity index (χ1v) is 7.69. The van der Waals surface area contributed by atoms with Gasteiger partial charge in [0.25, 0.3) is 5.95 Å². The monoisotopic (exact) mass is 350 g/mol. The van der Waals surface area contributed by atoms with Crippen molar-refractivity contribution in [1.82, 2.24) is 20.2 Å². The first-order chi connectivity index (χ1) is 12.5. The molecule has 0 saturated carbocycles. The van der Waals surface area contributed by atoms with Crippen molar-refractivity contribution in [3.8, 4) is 17.2 Å². The van der Waals surface area contributed by atoms with E-state index in [0.717, 1.165) is 16.5 Å². The zero-order valence-electron chi connectivity index (χ0n) is 13.6. The van der Waals surface area contributed by atoms with Gasteiger partial charge >= 0.3 is 0 Å². The van der Waals surface area contributed by atoms with Gasteiger partial charge < -0.3 is 20.3 Å². The van der Waals surface area contributed by atoms with Crippen LogP contribution in [0, 0.1) is 6.92 Å². The molecule has 0 radical (unpaired) electrons. The van der Waals surface area contributed by atoms with E-state index in [9.17, 15) is 15.3 Å². The third-order valence-electron chi connectivity index (χ3n) is 3.99. The summed E-state index contributed by atoms with van der Waals surface area (Å²) in [5.74, 6) is -1.34. The number of fused-ring (bicyclic) bond motifs is 3. The largest absolute Gasteiger partial charge is 0.504 e. The maximum atomic E-state index is 9.75. The van der Waals surface area contributed by atoms with Crippen molar-refractivity contribution in [2.24, 2.45) is 5.10 Å². The van der Waals surface area contributed by atoms with Crippen LogP contribution in [0.1, 0.15) is 11.1 Å². The number of nitrogens with zero attached hydrogens (tertiary/aromatic N) is 4. The molecule has 26 heavy (non-hydrogen) atoms. The molecule has 5 N–H and O–H groups in total. The van der Waals surface area contributed by atoms with Crippen molar-refractivity contribution in [3.63, 3.8) is 0 Å². The molecule has 0 atom stereocenters. The number of H-pyrrole nitrogens is 1. The Kier molecular flexibility index (Phi) is 3.54. The number of aromatic amines is 1. The fourth-order valence-corrected chi connectivity index (χ4v) is 2.64. The van der Waals surface area contributed by atoms with Gasteiger partial charge in [-0.05, 0) is 24.6 Å². The van der Waals surface area contributed by atoms with E-state index < -0.39 is 17.2 Å². The van der Waals surface area contributed by atoms with Gasteiger partial charge in [0.05, 0.1) is 11.7 Å². The van der Waals surface area contributed by atoms with E-state index in [1.807, 2.05) is 25.1 Å². The Hall–Kier alpha value is -3.88. The summed E-state index contributed by atoms with van der Waals surface area (Å²) < 4.78 is 0. The fraction of sp³-hybridized carbons (Fsp3) is 0.0588. The SMILES string of the molecule is Cc1cccc2c1[nH]c1nc(N/N=C/c3ccc(O)c(O)c3O)nnc12. The van der Waals surface area contributed by atoms with Gasteiger partial charge in [0.2, 0.25) is 5.75 Å². The average Bonchev–Trinajstić information content (AvgIpc) is 3.01. The lowest BCUT2D eigenvalue weighted by molar-refractivity contribution is 0.367. The number of para-hydroxylation sites is 1. The second-order valence-corrected chi connectivity index (χ2v) is 5.70. The minimum Gasteiger partial charge on any atom is -0.504 e. The maximum absolute atomic E-state index is 9.75. The quantitative estimate of drug-likeness (QED) is 0.217. The number of benzene rings is 2. The number of nitrogens with one attached hydrogen (secondary N) is 2. The van der Waals surface area contributed by atoms with Crippen molar-refractivity contribution in [1.29, 1.82) is 0 Å². The second kappa shape index (κ2) is 5.88. The molecule has 0 aliphatic heterocycles. The summed E-state index contributed by atoms with van der Waals surface area (Å²) in [5.41, 5.74) is 6.10. The maximum Gasteiger partial charge on any atom is 0.265 e. The fourth-order valence-electron chi connectivity index (χ4n) is 2.64. The third-order valence-corrected chi connectivity index (χ3v) is 3.99. The van der Waals surface area contributed by atoms with E-state index in [2.05, 4.69) is 30.7 Å². The van der Waals surface area contributed by atoms with Crippen LogP contribution >= 0.6 is 0 Å². The molecule has 0 aliphatic rings. The summed E-state index contributed by atoms with van der Waals surface area (Å²) in [7, 11) is 0. The normalized spacial score (nSPS) is 11.6. The van der Waals surface area contributed by atoms with Crippen LogP contribution in [0.4, 0.5) is 5.95 Å². The Labute approximate surface area is 146 Å². The van der Waals surface area contributed by atoms with E-state index in [-0.39, 0.29) is 11.5 Å². The van der Waals surface area contributed by atoms with Crippen molar-refractivity contribution < 1.29 is 15.3 Å². The summed E-state index contributed by atoms with van der Waals surface area (Å²) in [6.07, 6.45) is 1.26. The molecular formula is C17H14N6O3. The zero-order valence-corrected chi connectivity index (χ0v) is 13.6. The van der Waals surface area contributed by atoms with Crippen molar-refractivity contribution in [2.45, 2.75) is 6.92 Å². The summed E-state index contributed by atoms with van der Waals surface area (Å²) in [5, 5.41) is 41.6. The van der Waals surface area contributed by atoms with Gasteiger partial charge in [0, 0.05) is 10.9 Å². The Morgan fingerprint density at radius 3 is 2.77 bits per heavy atom. The number of hydrogen-bond donors (Lipinski definition) is 5. The molecule has 0 aliphatic carbocycles. The molecule has 4 rings (SSSR count). The Balaban J connectivity index is 1.63. The average molecular weight is 350 g/mol. The van der Waals surface area contributed by atoms with Gasteiger partial charge in [-0.1, -0.05) is 18.2 Å². The standard InChI is InChI=1S/C17H14N6O3/c1-8-3-2-4-10-12(8)19-16-13(10)21-23-17(20-16)22-18-7-9-5-6-11(24)15(26)14(9)25/h2-7,24-26H,1H3,(H2,19,20,22,23)/b18-7+. The number of rotatable bonds is 3. The van der Waals surface area contributed by atoms with Crippen molar-refractivity contribution in [2.75, 3.05) is 5.43 Å². The third kappa shape index (κ3) is 2.51. The molecule has 9 heteroatoms. The van der Waals surface area contributed by atoms with Crippen LogP contribution in [-0.2, 0) is 0 Å². The molecule has 0 unspecified atom stereocenters. The summed E-state index contributed by atoms with van der Waals surface area (Å²) >= 11 is 0. The van der Waals surface area contributed by atoms with Crippen LogP contribution in [0.3, 0.4) is 0 Å². The molecule has 4 aromatic rings. The Morgan fingerprint density at radius 2 is 1.92 bits per heavy atom. The molecule has 2 heterocycles. The van der Waals surface area contributed by atoms with Gasteiger partial charge in [-0.2, -0.15) is 10.1 Å². The molecule has 2 aromatic heterocycles. The van der Waals surface area contributed by atoms with E-state index in [0.29, 0.717) is 11.2 Å². The van der Waals surface area contributed by atoms with Gasteiger partial charge in [-0.25, -0.2) is 5.43 Å². The van der Waals surface area contributed by atoms with E-state index in [1.54, 1.807) is 0 Å². The second-order valence-electron chi connectivity index (χ2n) is 5.70. The van der Waals surface area contributed by atoms with Gasteiger partial charge in [-0.3, -0.25) is 0 Å². The lowest BCUT2D eigenvalue weighted by Crippen LogP contribution is -1.99. The van der Waals surface area contributed by atoms with Crippen LogP contribution in [0.25, 0.3) is 22.1 Å². The predicted octanol–water partition coefficient (Wildman–Crippen LogP) is 2.38. The van der Waals surface area contributed by atoms with Gasteiger partial charge in [0.15, 0.2) is 17.1 Å². The van der Waals surface area contributed by atoms with Crippen molar-refractivity contribution in [3.05, 3.63) is 41.5 Å². The molecule has 0 fully saturated rings. The molecule has 0 amide bonds. The minimum atomic E-state index is -0.610. The smallest absolute Gasteiger partial charge is 0.265 e. The zero-order chi connectivity index (χ0) is 18.3. The number of hydrazone groups is 1. The number of anilines is 1. The molecule has 0 bridgehead atoms. The van der Waals surface area contributed by atoms with Gasteiger partial charge in [-0.15, -0.1) is 10.2 Å². The van der Waals surface area contributed by atoms with Crippen LogP contribution < -0.4 is 5.43 Å². The highest BCUT2D eigenvalue weighted by atomic mass is 16.3. The molecule has 0 spiro atoms. The molecular weight excluding hydrogens is 336 g/mol. The number of hydrogen-bond acceptors (Lipinski definition) is 8. The summed E-state index contributed by atoms with van der Waals surface area (Å²) in [6, 6.07) is 8.53. The Morgan fingerprint density at radius 1 is 1.08 bits per heavy atom. The van der Waals surface area contributed by atoms with Crippen LogP contribution in [-0.4, -0.2) is 41.7 Å². The highest BCUT2D eigenvalue weighted by Crippen LogP contribution is 2.36. The first-order valence-electron chi connectivity index (χ1n) is 7.69. The molecule has 9 nitrogen and oxygen atoms in total. The molecule has 130 valence electrons. The van der Waals surface area contributed by atoms with Crippen molar-refractivity contribution >= 4 is 34.2 Å². The number of aromatic hydroxyl groups is 3. The number of phenols is 3. The minimum absolute atomic E-state index is 0.167. The number of phenolic OH excluding ortho intramolecular Hbond substituents is 3.